The van der Waals surface area contributed by atoms with Crippen molar-refractivity contribution in [3.05, 3.63) is 26.5 Å². The Bertz CT molecular complexity index is 509. The summed E-state index contributed by atoms with van der Waals surface area (Å²) in [6.45, 7) is 0.625. The molecule has 6 heteroatoms. The molecule has 0 spiro atoms. The number of rotatable bonds is 1. The fraction of sp³-hybridized carbons (Fsp3) is 0.500. The number of hydrogen-bond donors (Lipinski definition) is 0. The average molecular weight is 215 g/mol. The highest BCUT2D eigenvalue weighted by molar-refractivity contribution is 7.91. The van der Waals surface area contributed by atoms with Gasteiger partial charge in [0.2, 0.25) is 10.9 Å². The standard InChI is InChI=1S/C8H9NO4S/c10-7-5-6(8(7)11)9-1-3-14(12,13)4-2-9/h5H,1-4H2. The largest absolute Gasteiger partial charge is 0.366 e. The molecule has 1 aliphatic rings. The predicted octanol–water partition coefficient (Wildman–Crippen LogP) is -1.48. The van der Waals surface area contributed by atoms with Gasteiger partial charge in [0, 0.05) is 19.2 Å². The lowest BCUT2D eigenvalue weighted by atomic mass is 10.2. The summed E-state index contributed by atoms with van der Waals surface area (Å²) in [4.78, 5) is 23.3. The summed E-state index contributed by atoms with van der Waals surface area (Å²) >= 11 is 0. The van der Waals surface area contributed by atoms with Crippen LogP contribution in [-0.4, -0.2) is 33.0 Å². The summed E-state index contributed by atoms with van der Waals surface area (Å²) in [5.41, 5.74) is -0.623. The van der Waals surface area contributed by atoms with Crippen molar-refractivity contribution in [2.75, 3.05) is 29.5 Å². The van der Waals surface area contributed by atoms with E-state index >= 15 is 0 Å². The van der Waals surface area contributed by atoms with Crippen molar-refractivity contribution in [1.82, 2.24) is 0 Å². The smallest absolute Gasteiger partial charge is 0.249 e. The van der Waals surface area contributed by atoms with Crippen LogP contribution >= 0.6 is 0 Å². The van der Waals surface area contributed by atoms with Crippen LogP contribution in [0.5, 0.6) is 0 Å². The molecule has 76 valence electrons. The van der Waals surface area contributed by atoms with Gasteiger partial charge in [-0.1, -0.05) is 0 Å². The normalized spacial score (nSPS) is 21.3. The average Bonchev–Trinajstić information content (AvgIpc) is 2.15. The second kappa shape index (κ2) is 2.91. The van der Waals surface area contributed by atoms with E-state index in [-0.39, 0.29) is 11.5 Å². The van der Waals surface area contributed by atoms with Crippen molar-refractivity contribution in [2.45, 2.75) is 0 Å². The summed E-state index contributed by atoms with van der Waals surface area (Å²) < 4.78 is 22.1. The van der Waals surface area contributed by atoms with E-state index in [1.807, 2.05) is 0 Å². The van der Waals surface area contributed by atoms with E-state index in [1.54, 1.807) is 4.90 Å². The minimum absolute atomic E-state index is 0.0613. The number of anilines is 1. The van der Waals surface area contributed by atoms with Crippen LogP contribution < -0.4 is 15.8 Å². The fourth-order valence-corrected chi connectivity index (χ4v) is 2.69. The highest BCUT2D eigenvalue weighted by Gasteiger charge is 2.25. The summed E-state index contributed by atoms with van der Waals surface area (Å²) in [6, 6.07) is 1.26. The maximum atomic E-state index is 11.1. The molecule has 1 aliphatic heterocycles. The highest BCUT2D eigenvalue weighted by atomic mass is 32.2. The molecule has 1 saturated heterocycles. The van der Waals surface area contributed by atoms with E-state index in [4.69, 9.17) is 0 Å². The Balaban J connectivity index is 2.15. The molecule has 0 N–H and O–H groups in total. The van der Waals surface area contributed by atoms with Crippen molar-refractivity contribution >= 4 is 15.5 Å². The molecule has 5 nitrogen and oxygen atoms in total. The SMILES string of the molecule is O=c1cc(N2CCS(=O)(=O)CC2)c1=O. The van der Waals surface area contributed by atoms with Crippen LogP contribution in [0, 0.1) is 0 Å². The molecule has 0 bridgehead atoms. The maximum absolute atomic E-state index is 11.1. The molecule has 0 amide bonds. The van der Waals surface area contributed by atoms with E-state index in [2.05, 4.69) is 0 Å². The van der Waals surface area contributed by atoms with Crippen LogP contribution in [0.4, 0.5) is 5.69 Å². The number of hydrogen-bond acceptors (Lipinski definition) is 5. The summed E-state index contributed by atoms with van der Waals surface area (Å²) in [6.07, 6.45) is 0. The van der Waals surface area contributed by atoms with Crippen molar-refractivity contribution in [2.24, 2.45) is 0 Å². The van der Waals surface area contributed by atoms with Crippen molar-refractivity contribution in [1.29, 1.82) is 0 Å². The minimum Gasteiger partial charge on any atom is -0.366 e. The van der Waals surface area contributed by atoms with Crippen molar-refractivity contribution in [3.8, 4) is 0 Å². The highest BCUT2D eigenvalue weighted by Crippen LogP contribution is 2.11. The Hall–Kier alpha value is -1.17. The zero-order chi connectivity index (χ0) is 10.3. The molecule has 1 aromatic rings. The second-order valence-corrected chi connectivity index (χ2v) is 5.67. The van der Waals surface area contributed by atoms with Gasteiger partial charge in [0.05, 0.1) is 17.2 Å². The van der Waals surface area contributed by atoms with E-state index in [0.717, 1.165) is 0 Å². The summed E-state index contributed by atoms with van der Waals surface area (Å²) in [5.74, 6) is 0.123. The van der Waals surface area contributed by atoms with Gasteiger partial charge in [-0.15, -0.1) is 0 Å². The lowest BCUT2D eigenvalue weighted by Gasteiger charge is -2.28. The first-order valence-corrected chi connectivity index (χ1v) is 6.07. The van der Waals surface area contributed by atoms with Crippen LogP contribution in [0.25, 0.3) is 0 Å². The third kappa shape index (κ3) is 1.45. The molecule has 14 heavy (non-hydrogen) atoms. The van der Waals surface area contributed by atoms with E-state index in [0.29, 0.717) is 18.8 Å². The lowest BCUT2D eigenvalue weighted by molar-refractivity contribution is 0.586. The van der Waals surface area contributed by atoms with Crippen LogP contribution in [0.3, 0.4) is 0 Å². The van der Waals surface area contributed by atoms with Gasteiger partial charge in [-0.25, -0.2) is 8.42 Å². The third-order valence-corrected chi connectivity index (χ3v) is 4.02. The quantitative estimate of drug-likeness (QED) is 0.534. The van der Waals surface area contributed by atoms with E-state index in [1.165, 1.54) is 6.07 Å². The van der Waals surface area contributed by atoms with Gasteiger partial charge in [0.25, 0.3) is 0 Å². The monoisotopic (exact) mass is 215 g/mol. The number of sulfone groups is 1. The Morgan fingerprint density at radius 3 is 2.14 bits per heavy atom. The predicted molar refractivity (Wildman–Crippen MR) is 52.2 cm³/mol. The van der Waals surface area contributed by atoms with Crippen LogP contribution in [-0.2, 0) is 9.84 Å². The Labute approximate surface area is 80.6 Å². The molecule has 0 aromatic heterocycles. The van der Waals surface area contributed by atoms with Gasteiger partial charge >= 0.3 is 0 Å². The molecular weight excluding hydrogens is 206 g/mol. The molecule has 1 aromatic carbocycles. The van der Waals surface area contributed by atoms with Gasteiger partial charge in [-0.2, -0.15) is 0 Å². The lowest BCUT2D eigenvalue weighted by Crippen LogP contribution is -2.46. The van der Waals surface area contributed by atoms with Crippen LogP contribution in [0.1, 0.15) is 0 Å². The molecule has 0 unspecified atom stereocenters. The first kappa shape index (κ1) is 9.39. The maximum Gasteiger partial charge on any atom is 0.249 e. The van der Waals surface area contributed by atoms with Gasteiger partial charge in [0.15, 0.2) is 9.84 Å². The van der Waals surface area contributed by atoms with Crippen LogP contribution in [0.2, 0.25) is 0 Å². The summed E-state index contributed by atoms with van der Waals surface area (Å²) in [5, 5.41) is 0. The van der Waals surface area contributed by atoms with Crippen LogP contribution in [0.15, 0.2) is 15.7 Å². The van der Waals surface area contributed by atoms with Gasteiger partial charge in [-0.05, 0) is 0 Å². The fourth-order valence-electron chi connectivity index (χ4n) is 1.49. The molecular formula is C8H9NO4S. The van der Waals surface area contributed by atoms with Crippen molar-refractivity contribution in [3.63, 3.8) is 0 Å². The molecule has 1 heterocycles. The number of nitrogens with zero attached hydrogens (tertiary/aromatic N) is 1. The molecule has 0 saturated carbocycles. The first-order valence-electron chi connectivity index (χ1n) is 4.25. The Morgan fingerprint density at radius 2 is 1.71 bits per heavy atom. The van der Waals surface area contributed by atoms with Crippen molar-refractivity contribution < 1.29 is 8.42 Å². The van der Waals surface area contributed by atoms with E-state index in [9.17, 15) is 18.0 Å². The zero-order valence-corrected chi connectivity index (χ0v) is 8.21. The molecule has 2 rings (SSSR count). The van der Waals surface area contributed by atoms with Gasteiger partial charge < -0.3 is 4.90 Å². The Kier molecular flexibility index (Phi) is 1.95. The molecule has 0 aliphatic carbocycles. The third-order valence-electron chi connectivity index (χ3n) is 2.41. The molecule has 0 radical (unpaired) electrons. The zero-order valence-electron chi connectivity index (χ0n) is 7.39. The van der Waals surface area contributed by atoms with Gasteiger partial charge in [0.1, 0.15) is 0 Å². The first-order chi connectivity index (χ1) is 6.49. The summed E-state index contributed by atoms with van der Waals surface area (Å²) in [7, 11) is -2.93. The minimum atomic E-state index is -2.93. The Morgan fingerprint density at radius 1 is 1.14 bits per heavy atom. The molecule has 1 fully saturated rings. The van der Waals surface area contributed by atoms with Gasteiger partial charge in [-0.3, -0.25) is 9.59 Å². The molecule has 0 atom stereocenters. The topological polar surface area (TPSA) is 71.5 Å². The van der Waals surface area contributed by atoms with E-state index < -0.39 is 20.7 Å². The second-order valence-electron chi connectivity index (χ2n) is 3.36.